The van der Waals surface area contributed by atoms with Crippen molar-refractivity contribution >= 4 is 64.1 Å². The Morgan fingerprint density at radius 2 is 1.23 bits per heavy atom. The van der Waals surface area contributed by atoms with Crippen LogP contribution in [0.4, 0.5) is 0 Å². The van der Waals surface area contributed by atoms with Crippen molar-refractivity contribution in [3.05, 3.63) is 126 Å². The van der Waals surface area contributed by atoms with Crippen LogP contribution >= 0.6 is 11.3 Å². The topological polar surface area (TPSA) is 4.93 Å². The molecule has 0 atom stereocenters. The summed E-state index contributed by atoms with van der Waals surface area (Å²) in [6, 6.07) is 42.9. The van der Waals surface area contributed by atoms with Crippen molar-refractivity contribution in [3.63, 3.8) is 0 Å². The molecule has 0 N–H and O–H groups in total. The number of thiophene rings is 1. The summed E-state index contributed by atoms with van der Waals surface area (Å²) in [5, 5.41) is 7.92. The van der Waals surface area contributed by atoms with Crippen LogP contribution in [0.2, 0.25) is 0 Å². The molecule has 0 fully saturated rings. The van der Waals surface area contributed by atoms with E-state index in [-0.39, 0.29) is 5.41 Å². The molecule has 6 aromatic carbocycles. The molecule has 39 heavy (non-hydrogen) atoms. The van der Waals surface area contributed by atoms with E-state index in [1.165, 1.54) is 80.7 Å². The van der Waals surface area contributed by atoms with E-state index in [2.05, 4.69) is 134 Å². The number of nitrogens with zero attached hydrogens (tertiary/aromatic N) is 1. The Labute approximate surface area is 230 Å². The van der Waals surface area contributed by atoms with Gasteiger partial charge in [0.15, 0.2) is 0 Å². The number of rotatable bonds is 1. The van der Waals surface area contributed by atoms with Crippen molar-refractivity contribution in [1.82, 2.24) is 4.57 Å². The zero-order valence-electron chi connectivity index (χ0n) is 21.8. The van der Waals surface area contributed by atoms with E-state index in [4.69, 9.17) is 0 Å². The van der Waals surface area contributed by atoms with Crippen LogP contribution in [0.5, 0.6) is 0 Å². The van der Waals surface area contributed by atoms with Crippen LogP contribution in [0.25, 0.3) is 69.6 Å². The van der Waals surface area contributed by atoms with Crippen molar-refractivity contribution in [3.8, 4) is 16.8 Å². The first-order chi connectivity index (χ1) is 19.1. The van der Waals surface area contributed by atoms with Crippen LogP contribution in [0.1, 0.15) is 25.0 Å². The second kappa shape index (κ2) is 7.37. The molecule has 184 valence electrons. The minimum Gasteiger partial charge on any atom is -0.307 e. The van der Waals surface area contributed by atoms with Gasteiger partial charge in [-0.3, -0.25) is 0 Å². The van der Waals surface area contributed by atoms with Crippen molar-refractivity contribution in [2.75, 3.05) is 0 Å². The molecule has 1 aliphatic rings. The minimum atomic E-state index is -0.00947. The third-order valence-electron chi connectivity index (χ3n) is 9.00. The van der Waals surface area contributed by atoms with E-state index < -0.39 is 0 Å². The molecule has 0 unspecified atom stereocenters. The summed E-state index contributed by atoms with van der Waals surface area (Å²) in [7, 11) is 0. The van der Waals surface area contributed by atoms with Gasteiger partial charge in [-0.05, 0) is 45.8 Å². The van der Waals surface area contributed by atoms with Crippen LogP contribution in [-0.4, -0.2) is 4.57 Å². The number of fused-ring (bicyclic) bond motifs is 12. The number of hydrogen-bond acceptors (Lipinski definition) is 1. The average Bonchev–Trinajstić information content (AvgIpc) is 3.59. The van der Waals surface area contributed by atoms with Gasteiger partial charge < -0.3 is 4.57 Å². The molecular formula is C37H25NS. The number of para-hydroxylation sites is 1. The first-order valence-corrected chi connectivity index (χ1v) is 14.4. The molecule has 0 radical (unpaired) electrons. The molecule has 0 saturated heterocycles. The molecule has 9 rings (SSSR count). The van der Waals surface area contributed by atoms with Gasteiger partial charge in [-0.1, -0.05) is 111 Å². The summed E-state index contributed by atoms with van der Waals surface area (Å²) in [6.45, 7) is 4.72. The highest BCUT2D eigenvalue weighted by Crippen LogP contribution is 2.52. The van der Waals surface area contributed by atoms with Crippen molar-refractivity contribution in [2.45, 2.75) is 19.3 Å². The van der Waals surface area contributed by atoms with E-state index in [9.17, 15) is 0 Å². The van der Waals surface area contributed by atoms with E-state index >= 15 is 0 Å². The normalized spacial score (nSPS) is 14.1. The van der Waals surface area contributed by atoms with Crippen LogP contribution in [0, 0.1) is 0 Å². The van der Waals surface area contributed by atoms with Gasteiger partial charge in [0.2, 0.25) is 0 Å². The van der Waals surface area contributed by atoms with Crippen LogP contribution in [0.15, 0.2) is 115 Å². The number of benzene rings is 6. The van der Waals surface area contributed by atoms with Gasteiger partial charge in [0.05, 0.1) is 21.4 Å². The minimum absolute atomic E-state index is 0.00947. The summed E-state index contributed by atoms with van der Waals surface area (Å²) < 4.78 is 5.21. The lowest BCUT2D eigenvalue weighted by Gasteiger charge is -2.21. The lowest BCUT2D eigenvalue weighted by atomic mass is 9.82. The summed E-state index contributed by atoms with van der Waals surface area (Å²) in [6.07, 6.45) is 0. The molecule has 2 heteroatoms. The van der Waals surface area contributed by atoms with Gasteiger partial charge >= 0.3 is 0 Å². The van der Waals surface area contributed by atoms with Crippen molar-refractivity contribution in [1.29, 1.82) is 0 Å². The van der Waals surface area contributed by atoms with Crippen LogP contribution < -0.4 is 0 Å². The SMILES string of the molecule is CC1(C)c2ccccc2-c2c1ccc1c2ccc2c3ccccc3n(-c3cccc4c3sc3ccccc34)c12. The first kappa shape index (κ1) is 21.5. The van der Waals surface area contributed by atoms with Gasteiger partial charge in [-0.15, -0.1) is 11.3 Å². The Kier molecular flexibility index (Phi) is 4.07. The van der Waals surface area contributed by atoms with Crippen LogP contribution in [-0.2, 0) is 5.41 Å². The average molecular weight is 516 g/mol. The van der Waals surface area contributed by atoms with E-state index in [1.807, 2.05) is 11.3 Å². The summed E-state index contributed by atoms with van der Waals surface area (Å²) in [5.41, 5.74) is 9.41. The highest BCUT2D eigenvalue weighted by molar-refractivity contribution is 7.26. The highest BCUT2D eigenvalue weighted by atomic mass is 32.1. The zero-order valence-corrected chi connectivity index (χ0v) is 22.6. The van der Waals surface area contributed by atoms with Crippen molar-refractivity contribution < 1.29 is 0 Å². The quantitative estimate of drug-likeness (QED) is 0.205. The predicted molar refractivity (Wildman–Crippen MR) is 169 cm³/mol. The molecule has 2 aromatic heterocycles. The molecular weight excluding hydrogens is 490 g/mol. The second-order valence-corrected chi connectivity index (χ2v) is 12.4. The van der Waals surface area contributed by atoms with Gasteiger partial charge in [0.1, 0.15) is 0 Å². The van der Waals surface area contributed by atoms with Gasteiger partial charge in [0.25, 0.3) is 0 Å². The molecule has 0 bridgehead atoms. The van der Waals surface area contributed by atoms with Crippen LogP contribution in [0.3, 0.4) is 0 Å². The molecule has 8 aromatic rings. The summed E-state index contributed by atoms with van der Waals surface area (Å²) in [4.78, 5) is 0. The Bertz CT molecular complexity index is 2310. The second-order valence-electron chi connectivity index (χ2n) is 11.3. The maximum atomic E-state index is 2.53. The molecule has 0 aliphatic heterocycles. The molecule has 1 nitrogen and oxygen atoms in total. The monoisotopic (exact) mass is 515 g/mol. The molecule has 0 saturated carbocycles. The summed E-state index contributed by atoms with van der Waals surface area (Å²) >= 11 is 1.90. The molecule has 0 spiro atoms. The lowest BCUT2D eigenvalue weighted by Crippen LogP contribution is -2.14. The molecule has 0 amide bonds. The standard InChI is InChI=1S/C37H25NS/c1-37(2)29-14-6-3-12-28(29)34-24-18-19-25-22-10-4-7-15-31(22)38(35(25)26(24)20-21-30(34)37)32-16-9-13-27-23-11-5-8-17-33(23)39-36(27)32/h3-21H,1-2H3. The predicted octanol–water partition coefficient (Wildman–Crippen LogP) is 10.6. The molecule has 2 heterocycles. The fraction of sp³-hybridized carbons (Fsp3) is 0.0811. The Hall–Kier alpha value is -4.40. The smallest absolute Gasteiger partial charge is 0.0641 e. The number of aromatic nitrogens is 1. The Morgan fingerprint density at radius 1 is 0.538 bits per heavy atom. The van der Waals surface area contributed by atoms with E-state index in [1.54, 1.807) is 0 Å². The lowest BCUT2D eigenvalue weighted by molar-refractivity contribution is 0.661. The summed E-state index contributed by atoms with van der Waals surface area (Å²) in [5.74, 6) is 0. The molecule has 1 aliphatic carbocycles. The van der Waals surface area contributed by atoms with E-state index in [0.717, 1.165) is 0 Å². The van der Waals surface area contributed by atoms with Gasteiger partial charge in [0, 0.05) is 37.0 Å². The maximum Gasteiger partial charge on any atom is 0.0641 e. The van der Waals surface area contributed by atoms with Gasteiger partial charge in [-0.25, -0.2) is 0 Å². The largest absolute Gasteiger partial charge is 0.307 e. The maximum absolute atomic E-state index is 2.53. The third kappa shape index (κ3) is 2.65. The Balaban J connectivity index is 1.48. The fourth-order valence-corrected chi connectivity index (χ4v) is 8.43. The van der Waals surface area contributed by atoms with E-state index in [0.29, 0.717) is 0 Å². The number of hydrogen-bond donors (Lipinski definition) is 0. The fourth-order valence-electron chi connectivity index (χ4n) is 7.23. The Morgan fingerprint density at radius 3 is 2.15 bits per heavy atom. The van der Waals surface area contributed by atoms with Crippen molar-refractivity contribution in [2.24, 2.45) is 0 Å². The zero-order chi connectivity index (χ0) is 25.9. The third-order valence-corrected chi connectivity index (χ3v) is 10.2. The first-order valence-electron chi connectivity index (χ1n) is 13.6. The van der Waals surface area contributed by atoms with Gasteiger partial charge in [-0.2, -0.15) is 0 Å². The highest BCUT2D eigenvalue weighted by Gasteiger charge is 2.36.